The number of benzene rings is 1. The molecule has 0 radical (unpaired) electrons. The summed E-state index contributed by atoms with van der Waals surface area (Å²) < 4.78 is 17.9. The van der Waals surface area contributed by atoms with Gasteiger partial charge in [-0.1, -0.05) is 18.2 Å². The molecule has 0 fully saturated rings. The molecule has 6 rings (SSSR count). The Labute approximate surface area is 199 Å². The molecule has 1 aromatic carbocycles. The van der Waals surface area contributed by atoms with Crippen molar-refractivity contribution in [3.8, 4) is 17.3 Å². The van der Waals surface area contributed by atoms with Crippen LogP contribution in [0.25, 0.3) is 28.4 Å². The Kier molecular flexibility index (Phi) is 4.53. The van der Waals surface area contributed by atoms with Crippen molar-refractivity contribution < 1.29 is 9.18 Å². The van der Waals surface area contributed by atoms with Crippen molar-refractivity contribution in [2.24, 2.45) is 0 Å². The minimum absolute atomic E-state index is 0.158. The molecule has 0 spiro atoms. The Morgan fingerprint density at radius 2 is 1.89 bits per heavy atom. The number of rotatable bonds is 4. The highest BCUT2D eigenvalue weighted by Gasteiger charge is 2.43. The van der Waals surface area contributed by atoms with Crippen molar-refractivity contribution in [3.05, 3.63) is 77.8 Å². The number of carbonyl (C=O) groups excluding carboxylic acids is 1. The highest BCUT2D eigenvalue weighted by Crippen LogP contribution is 2.41. The lowest BCUT2D eigenvalue weighted by Crippen LogP contribution is -2.28. The van der Waals surface area contributed by atoms with Crippen LogP contribution in [0.2, 0.25) is 0 Å². The van der Waals surface area contributed by atoms with Crippen LogP contribution in [0.15, 0.2) is 55.0 Å². The van der Waals surface area contributed by atoms with Gasteiger partial charge in [0.1, 0.15) is 29.0 Å². The maximum absolute atomic E-state index is 14.4. The van der Waals surface area contributed by atoms with Gasteiger partial charge in [0.25, 0.3) is 0 Å². The maximum atomic E-state index is 14.4. The monoisotopic (exact) mass is 468 g/mol. The van der Waals surface area contributed by atoms with E-state index in [0.717, 1.165) is 11.2 Å². The molecule has 10 heteroatoms. The lowest BCUT2D eigenvalue weighted by Gasteiger charge is -2.19. The summed E-state index contributed by atoms with van der Waals surface area (Å²) in [6.45, 7) is 5.75. The van der Waals surface area contributed by atoms with Crippen LogP contribution in [-0.4, -0.2) is 40.2 Å². The van der Waals surface area contributed by atoms with Crippen molar-refractivity contribution in [3.63, 3.8) is 0 Å². The van der Waals surface area contributed by atoms with E-state index < -0.39 is 5.41 Å². The number of aromatic nitrogens is 7. The first-order chi connectivity index (χ1) is 16.8. The second kappa shape index (κ2) is 7.52. The third-order valence-corrected chi connectivity index (χ3v) is 6.37. The summed E-state index contributed by atoms with van der Waals surface area (Å²) in [6.07, 6.45) is 5.15. The molecule has 1 aliphatic heterocycles. The molecule has 1 N–H and O–H groups in total. The van der Waals surface area contributed by atoms with Gasteiger partial charge in [-0.2, -0.15) is 5.10 Å². The predicted octanol–water partition coefficient (Wildman–Crippen LogP) is 3.80. The zero-order chi connectivity index (χ0) is 24.3. The fraction of sp³-hybridized carbons (Fsp3) is 0.200. The van der Waals surface area contributed by atoms with Crippen LogP contribution >= 0.6 is 0 Å². The van der Waals surface area contributed by atoms with Gasteiger partial charge in [-0.05, 0) is 39.0 Å². The average molecular weight is 468 g/mol. The Hall–Kier alpha value is -4.47. The predicted molar refractivity (Wildman–Crippen MR) is 128 cm³/mol. The second-order valence-electron chi connectivity index (χ2n) is 8.99. The lowest BCUT2D eigenvalue weighted by molar-refractivity contribution is -0.119. The molecule has 1 aliphatic rings. The summed E-state index contributed by atoms with van der Waals surface area (Å²) in [4.78, 5) is 31.2. The molecule has 0 atom stereocenters. The van der Waals surface area contributed by atoms with Crippen molar-refractivity contribution in [1.82, 2.24) is 34.3 Å². The van der Waals surface area contributed by atoms with Crippen molar-refractivity contribution in [2.75, 3.05) is 5.32 Å². The molecule has 0 aliphatic carbocycles. The summed E-state index contributed by atoms with van der Waals surface area (Å²) in [5.41, 5.74) is 1.44. The van der Waals surface area contributed by atoms with E-state index in [4.69, 9.17) is 15.1 Å². The molecule has 1 amide bonds. The van der Waals surface area contributed by atoms with E-state index in [-0.39, 0.29) is 18.3 Å². The van der Waals surface area contributed by atoms with Gasteiger partial charge < -0.3 is 5.32 Å². The molecular formula is C25H21FN8O. The topological polar surface area (TPSA) is 103 Å². The zero-order valence-electron chi connectivity index (χ0n) is 19.3. The standard InChI is InChI=1S/C25H21FN8O/c1-14-27-11-12-33(14)23-18-20(31-24(35)25(18,2)3)29-21(30-23)19-16-8-6-10-28-22(16)34(32-19)13-15-7-4-5-9-17(15)26/h4-12H,13H2,1-3H3,(H,29,30,31,35). The third-order valence-electron chi connectivity index (χ3n) is 6.37. The van der Waals surface area contributed by atoms with Gasteiger partial charge in [0, 0.05) is 24.2 Å². The summed E-state index contributed by atoms with van der Waals surface area (Å²) in [5, 5.41) is 8.37. The van der Waals surface area contributed by atoms with Crippen LogP contribution in [0.4, 0.5) is 10.2 Å². The van der Waals surface area contributed by atoms with Crippen LogP contribution in [0.1, 0.15) is 30.8 Å². The molecule has 4 aromatic heterocycles. The maximum Gasteiger partial charge on any atom is 0.235 e. The molecule has 35 heavy (non-hydrogen) atoms. The Bertz CT molecular complexity index is 1630. The highest BCUT2D eigenvalue weighted by atomic mass is 19.1. The van der Waals surface area contributed by atoms with Crippen LogP contribution in [-0.2, 0) is 16.8 Å². The third kappa shape index (κ3) is 3.21. The van der Waals surface area contributed by atoms with Crippen molar-refractivity contribution in [2.45, 2.75) is 32.7 Å². The van der Waals surface area contributed by atoms with Gasteiger partial charge >= 0.3 is 0 Å². The molecule has 9 nitrogen and oxygen atoms in total. The van der Waals surface area contributed by atoms with Gasteiger partial charge in [-0.3, -0.25) is 9.36 Å². The number of amides is 1. The SMILES string of the molecule is Cc1nccn1-c1nc(-c2nn(Cc3ccccc3F)c3ncccc23)nc2c1C(C)(C)C(=O)N2. The number of anilines is 1. The van der Waals surface area contributed by atoms with Gasteiger partial charge in [0.15, 0.2) is 11.5 Å². The van der Waals surface area contributed by atoms with Crippen LogP contribution in [0, 0.1) is 12.7 Å². The Morgan fingerprint density at radius 1 is 1.06 bits per heavy atom. The molecule has 5 heterocycles. The molecular weight excluding hydrogens is 447 g/mol. The van der Waals surface area contributed by atoms with Crippen LogP contribution in [0.5, 0.6) is 0 Å². The van der Waals surface area contributed by atoms with Gasteiger partial charge in [-0.25, -0.2) is 29.0 Å². The summed E-state index contributed by atoms with van der Waals surface area (Å²) in [7, 11) is 0. The largest absolute Gasteiger partial charge is 0.309 e. The minimum Gasteiger partial charge on any atom is -0.309 e. The van der Waals surface area contributed by atoms with Crippen molar-refractivity contribution in [1.29, 1.82) is 0 Å². The Balaban J connectivity index is 1.58. The number of halogens is 1. The van der Waals surface area contributed by atoms with E-state index >= 15 is 0 Å². The van der Waals surface area contributed by atoms with Crippen LogP contribution in [0.3, 0.4) is 0 Å². The smallest absolute Gasteiger partial charge is 0.235 e. The van der Waals surface area contributed by atoms with Crippen LogP contribution < -0.4 is 5.32 Å². The number of aryl methyl sites for hydroxylation is 1. The number of fused-ring (bicyclic) bond motifs is 2. The van der Waals surface area contributed by atoms with E-state index in [9.17, 15) is 9.18 Å². The molecule has 0 bridgehead atoms. The second-order valence-corrected chi connectivity index (χ2v) is 8.99. The molecule has 0 saturated carbocycles. The number of carbonyl (C=O) groups is 1. The van der Waals surface area contributed by atoms with E-state index in [2.05, 4.69) is 15.3 Å². The number of hydrogen-bond donors (Lipinski definition) is 1. The summed E-state index contributed by atoms with van der Waals surface area (Å²) in [6, 6.07) is 10.3. The van der Waals surface area contributed by atoms with Gasteiger partial charge in [0.2, 0.25) is 5.91 Å². The van der Waals surface area contributed by atoms with Crippen molar-refractivity contribution >= 4 is 22.8 Å². The fourth-order valence-electron chi connectivity index (χ4n) is 4.45. The van der Waals surface area contributed by atoms with Gasteiger partial charge in [0.05, 0.1) is 22.9 Å². The Morgan fingerprint density at radius 3 is 2.66 bits per heavy atom. The lowest BCUT2D eigenvalue weighted by atomic mass is 9.87. The fourth-order valence-corrected chi connectivity index (χ4v) is 4.45. The number of nitrogens with one attached hydrogen (secondary N) is 1. The number of pyridine rings is 1. The molecule has 0 saturated heterocycles. The first kappa shape index (κ1) is 21.1. The number of imidazole rings is 1. The number of hydrogen-bond acceptors (Lipinski definition) is 6. The van der Waals surface area contributed by atoms with Gasteiger partial charge in [-0.15, -0.1) is 0 Å². The van der Waals surface area contributed by atoms with E-state index in [1.165, 1.54) is 6.07 Å². The van der Waals surface area contributed by atoms with E-state index in [1.807, 2.05) is 31.4 Å². The van der Waals surface area contributed by atoms with E-state index in [1.54, 1.807) is 47.5 Å². The molecule has 5 aromatic rings. The summed E-state index contributed by atoms with van der Waals surface area (Å²) >= 11 is 0. The zero-order valence-corrected chi connectivity index (χ0v) is 19.3. The quantitative estimate of drug-likeness (QED) is 0.430. The molecule has 0 unspecified atom stereocenters. The van der Waals surface area contributed by atoms with E-state index in [0.29, 0.717) is 39.9 Å². The number of nitrogens with zero attached hydrogens (tertiary/aromatic N) is 7. The summed E-state index contributed by atoms with van der Waals surface area (Å²) in [5.74, 6) is 1.58. The minimum atomic E-state index is -0.826. The highest BCUT2D eigenvalue weighted by molar-refractivity contribution is 6.06. The molecule has 174 valence electrons. The average Bonchev–Trinajstić information content (AvgIpc) is 3.49. The normalized spacial score (nSPS) is 14.3. The first-order valence-corrected chi connectivity index (χ1v) is 11.1. The first-order valence-electron chi connectivity index (χ1n) is 11.1.